The lowest BCUT2D eigenvalue weighted by molar-refractivity contribution is 0.637. The van der Waals surface area contributed by atoms with Crippen molar-refractivity contribution < 1.29 is 0 Å². The zero-order chi connectivity index (χ0) is 17.5. The first kappa shape index (κ1) is 17.3. The van der Waals surface area contributed by atoms with E-state index in [9.17, 15) is 0 Å². The second kappa shape index (κ2) is 8.53. The average molecular weight is 356 g/mol. The molecule has 2 N–H and O–H groups in total. The normalized spacial score (nSPS) is 11.7. The minimum absolute atomic E-state index is 0.711. The third-order valence-corrected chi connectivity index (χ3v) is 4.24. The maximum Gasteiger partial charge on any atom is 0.191 e. The van der Waals surface area contributed by atoms with Gasteiger partial charge >= 0.3 is 0 Å². The van der Waals surface area contributed by atoms with Gasteiger partial charge in [-0.25, -0.2) is 4.98 Å². The van der Waals surface area contributed by atoms with E-state index in [4.69, 9.17) is 11.6 Å². The quantitative estimate of drug-likeness (QED) is 0.404. The highest BCUT2D eigenvalue weighted by molar-refractivity contribution is 6.30. The molecule has 1 heterocycles. The van der Waals surface area contributed by atoms with Crippen molar-refractivity contribution >= 4 is 28.6 Å². The Balaban J connectivity index is 1.43. The predicted molar refractivity (Wildman–Crippen MR) is 104 cm³/mol. The van der Waals surface area contributed by atoms with Gasteiger partial charge in [-0.1, -0.05) is 35.9 Å². The second-order valence-corrected chi connectivity index (χ2v) is 6.20. The van der Waals surface area contributed by atoms with E-state index in [1.54, 1.807) is 7.05 Å². The Morgan fingerprint density at radius 3 is 2.72 bits per heavy atom. The minimum Gasteiger partial charge on any atom is -0.356 e. The lowest BCUT2D eigenvalue weighted by Crippen LogP contribution is -2.37. The van der Waals surface area contributed by atoms with Gasteiger partial charge in [-0.05, 0) is 36.2 Å². The van der Waals surface area contributed by atoms with Crippen LogP contribution < -0.4 is 10.6 Å². The third kappa shape index (κ3) is 4.73. The summed E-state index contributed by atoms with van der Waals surface area (Å²) < 4.78 is 2.18. The van der Waals surface area contributed by atoms with Crippen LogP contribution in [0.25, 0.3) is 11.0 Å². The van der Waals surface area contributed by atoms with Crippen molar-refractivity contribution in [3.05, 3.63) is 65.4 Å². The van der Waals surface area contributed by atoms with Gasteiger partial charge in [0.25, 0.3) is 0 Å². The van der Waals surface area contributed by atoms with Crippen LogP contribution >= 0.6 is 11.6 Å². The molecule has 0 aliphatic rings. The van der Waals surface area contributed by atoms with E-state index in [0.717, 1.165) is 41.6 Å². The molecule has 3 rings (SSSR count). The molecule has 0 saturated heterocycles. The molecule has 0 unspecified atom stereocenters. The van der Waals surface area contributed by atoms with Gasteiger partial charge in [0.1, 0.15) is 0 Å². The van der Waals surface area contributed by atoms with Gasteiger partial charge in [0.05, 0.1) is 17.4 Å². The van der Waals surface area contributed by atoms with Gasteiger partial charge in [-0.2, -0.15) is 0 Å². The van der Waals surface area contributed by atoms with E-state index in [1.165, 1.54) is 5.52 Å². The molecule has 0 radical (unpaired) electrons. The number of fused-ring (bicyclic) bond motifs is 1. The van der Waals surface area contributed by atoms with Crippen molar-refractivity contribution in [1.82, 2.24) is 20.2 Å². The summed E-state index contributed by atoms with van der Waals surface area (Å²) in [5.41, 5.74) is 3.38. The van der Waals surface area contributed by atoms with Crippen molar-refractivity contribution in [1.29, 1.82) is 0 Å². The Labute approximate surface area is 152 Å². The van der Waals surface area contributed by atoms with E-state index in [-0.39, 0.29) is 0 Å². The number of nitrogens with zero attached hydrogens (tertiary/aromatic N) is 3. The summed E-state index contributed by atoms with van der Waals surface area (Å²) in [6, 6.07) is 16.0. The fraction of sp³-hybridized carbons (Fsp3) is 0.263. The Hall–Kier alpha value is -2.53. The van der Waals surface area contributed by atoms with E-state index in [2.05, 4.69) is 31.2 Å². The van der Waals surface area contributed by atoms with Crippen LogP contribution in [0.2, 0.25) is 5.02 Å². The number of guanidine groups is 1. The summed E-state index contributed by atoms with van der Waals surface area (Å²) in [5, 5.41) is 7.39. The van der Waals surface area contributed by atoms with Crippen LogP contribution in [0.1, 0.15) is 12.0 Å². The molecular formula is C19H22ClN5. The smallest absolute Gasteiger partial charge is 0.191 e. The number of nitrogens with one attached hydrogen (secondary N) is 2. The number of halogens is 1. The van der Waals surface area contributed by atoms with Crippen LogP contribution in [0.15, 0.2) is 59.9 Å². The molecule has 0 aliphatic carbocycles. The number of aromatic nitrogens is 2. The summed E-state index contributed by atoms with van der Waals surface area (Å²) in [6.45, 7) is 2.47. The monoisotopic (exact) mass is 355 g/mol. The molecule has 3 aromatic rings. The summed E-state index contributed by atoms with van der Waals surface area (Å²) in [4.78, 5) is 8.67. The van der Waals surface area contributed by atoms with Gasteiger partial charge in [-0.15, -0.1) is 0 Å². The molecule has 0 bridgehead atoms. The highest BCUT2D eigenvalue weighted by Crippen LogP contribution is 2.12. The maximum atomic E-state index is 5.90. The standard InChI is InChI=1S/C19H22ClN5/c1-21-19(23-13-15-7-9-16(20)10-8-15)22-11-4-12-25-14-24-17-5-2-3-6-18(17)25/h2-3,5-10,14H,4,11-13H2,1H3,(H2,21,22,23). The van der Waals surface area contributed by atoms with Crippen molar-refractivity contribution in [3.8, 4) is 0 Å². The van der Waals surface area contributed by atoms with Crippen LogP contribution in [-0.2, 0) is 13.1 Å². The summed E-state index contributed by atoms with van der Waals surface area (Å²) in [6.07, 6.45) is 2.89. The van der Waals surface area contributed by atoms with E-state index in [1.807, 2.05) is 48.8 Å². The number of hydrogen-bond acceptors (Lipinski definition) is 2. The number of hydrogen-bond donors (Lipinski definition) is 2. The molecule has 130 valence electrons. The van der Waals surface area contributed by atoms with Crippen LogP contribution in [0, 0.1) is 0 Å². The largest absolute Gasteiger partial charge is 0.356 e. The molecule has 2 aromatic carbocycles. The molecule has 1 aromatic heterocycles. The van der Waals surface area contributed by atoms with Crippen LogP contribution in [-0.4, -0.2) is 29.1 Å². The van der Waals surface area contributed by atoms with E-state index >= 15 is 0 Å². The average Bonchev–Trinajstić information content (AvgIpc) is 3.06. The topological polar surface area (TPSA) is 54.2 Å². The number of aryl methyl sites for hydroxylation is 1. The van der Waals surface area contributed by atoms with Gasteiger partial charge in [0.2, 0.25) is 0 Å². The highest BCUT2D eigenvalue weighted by atomic mass is 35.5. The van der Waals surface area contributed by atoms with Gasteiger partial charge in [0, 0.05) is 31.7 Å². The van der Waals surface area contributed by atoms with Crippen molar-refractivity contribution in [3.63, 3.8) is 0 Å². The Morgan fingerprint density at radius 2 is 1.92 bits per heavy atom. The lowest BCUT2D eigenvalue weighted by atomic mass is 10.2. The summed E-state index contributed by atoms with van der Waals surface area (Å²) >= 11 is 5.90. The van der Waals surface area contributed by atoms with Crippen LogP contribution in [0.5, 0.6) is 0 Å². The molecule has 0 aliphatic heterocycles. The third-order valence-electron chi connectivity index (χ3n) is 3.99. The fourth-order valence-electron chi connectivity index (χ4n) is 2.65. The number of aliphatic imine (C=N–C) groups is 1. The zero-order valence-electron chi connectivity index (χ0n) is 14.2. The summed E-state index contributed by atoms with van der Waals surface area (Å²) in [7, 11) is 1.78. The molecule has 0 saturated carbocycles. The van der Waals surface area contributed by atoms with Crippen molar-refractivity contribution in [2.24, 2.45) is 4.99 Å². The molecule has 25 heavy (non-hydrogen) atoms. The molecule has 0 fully saturated rings. The number of benzene rings is 2. The molecular weight excluding hydrogens is 334 g/mol. The maximum absolute atomic E-state index is 5.90. The van der Waals surface area contributed by atoms with Gasteiger partial charge < -0.3 is 15.2 Å². The van der Waals surface area contributed by atoms with E-state index in [0.29, 0.717) is 6.54 Å². The van der Waals surface area contributed by atoms with Crippen molar-refractivity contribution in [2.45, 2.75) is 19.5 Å². The first-order chi connectivity index (χ1) is 12.3. The van der Waals surface area contributed by atoms with Gasteiger partial charge in [-0.3, -0.25) is 4.99 Å². The van der Waals surface area contributed by atoms with E-state index < -0.39 is 0 Å². The number of rotatable bonds is 6. The zero-order valence-corrected chi connectivity index (χ0v) is 15.0. The summed E-state index contributed by atoms with van der Waals surface area (Å²) in [5.74, 6) is 0.797. The minimum atomic E-state index is 0.711. The predicted octanol–water partition coefficient (Wildman–Crippen LogP) is 3.45. The first-order valence-corrected chi connectivity index (χ1v) is 8.73. The molecule has 6 heteroatoms. The van der Waals surface area contributed by atoms with Crippen LogP contribution in [0.4, 0.5) is 0 Å². The molecule has 0 amide bonds. The first-order valence-electron chi connectivity index (χ1n) is 8.35. The molecule has 5 nitrogen and oxygen atoms in total. The number of imidazole rings is 1. The molecule has 0 atom stereocenters. The SMILES string of the molecule is CN=C(NCCCn1cnc2ccccc21)NCc1ccc(Cl)cc1. The highest BCUT2D eigenvalue weighted by Gasteiger charge is 2.02. The second-order valence-electron chi connectivity index (χ2n) is 5.76. The van der Waals surface area contributed by atoms with Crippen LogP contribution in [0.3, 0.4) is 0 Å². The van der Waals surface area contributed by atoms with Crippen molar-refractivity contribution in [2.75, 3.05) is 13.6 Å². The Kier molecular flexibility index (Phi) is 5.90. The van der Waals surface area contributed by atoms with Gasteiger partial charge in [0.15, 0.2) is 5.96 Å². The number of para-hydroxylation sites is 2. The fourth-order valence-corrected chi connectivity index (χ4v) is 2.78. The Morgan fingerprint density at radius 1 is 1.12 bits per heavy atom. The Bertz CT molecular complexity index is 838. The lowest BCUT2D eigenvalue weighted by Gasteiger charge is -2.12. The molecule has 0 spiro atoms.